The lowest BCUT2D eigenvalue weighted by Gasteiger charge is -2.23. The van der Waals surface area contributed by atoms with Crippen LogP contribution in [0.25, 0.3) is 11.0 Å². The van der Waals surface area contributed by atoms with E-state index in [0.29, 0.717) is 30.8 Å². The summed E-state index contributed by atoms with van der Waals surface area (Å²) in [5.74, 6) is 0.0136. The predicted octanol–water partition coefficient (Wildman–Crippen LogP) is 5.25. The van der Waals surface area contributed by atoms with Gasteiger partial charge in [0.2, 0.25) is 0 Å². The van der Waals surface area contributed by atoms with Gasteiger partial charge in [-0.05, 0) is 43.2 Å². The number of amides is 1. The van der Waals surface area contributed by atoms with Crippen molar-refractivity contribution in [3.8, 4) is 0 Å². The third-order valence-corrected chi connectivity index (χ3v) is 5.37. The summed E-state index contributed by atoms with van der Waals surface area (Å²) in [4.78, 5) is 26.9. The highest BCUT2D eigenvalue weighted by atomic mass is 16.4. The number of carbonyl (C=O) groups is 1. The molecule has 0 unspecified atom stereocenters. The van der Waals surface area contributed by atoms with Crippen LogP contribution in [-0.4, -0.2) is 23.9 Å². The fourth-order valence-electron chi connectivity index (χ4n) is 3.69. The van der Waals surface area contributed by atoms with Crippen LogP contribution in [0.4, 0.5) is 5.69 Å². The first-order chi connectivity index (χ1) is 15.6. The SMILES string of the molecule is Cc1ccc(C(=O)N(CCCNc2cc(=O)oc3ccccc23)Cc2ccccc2)cc1. The number of nitrogens with zero attached hydrogens (tertiary/aromatic N) is 1. The minimum absolute atomic E-state index is 0.0136. The molecule has 0 aliphatic rings. The van der Waals surface area contributed by atoms with Crippen LogP contribution in [0.1, 0.15) is 27.9 Å². The molecule has 4 aromatic rings. The molecule has 5 nitrogen and oxygen atoms in total. The normalized spacial score (nSPS) is 10.8. The fraction of sp³-hybridized carbons (Fsp3) is 0.185. The van der Waals surface area contributed by atoms with Gasteiger partial charge in [-0.2, -0.15) is 0 Å². The molecule has 0 aliphatic carbocycles. The largest absolute Gasteiger partial charge is 0.423 e. The summed E-state index contributed by atoms with van der Waals surface area (Å²) in [6.45, 7) is 3.77. The molecule has 1 aromatic heterocycles. The average Bonchev–Trinajstić information content (AvgIpc) is 2.81. The number of fused-ring (bicyclic) bond motifs is 1. The Labute approximate surface area is 187 Å². The third-order valence-electron chi connectivity index (χ3n) is 5.37. The van der Waals surface area contributed by atoms with Crippen LogP contribution < -0.4 is 10.9 Å². The number of anilines is 1. The van der Waals surface area contributed by atoms with Crippen molar-refractivity contribution < 1.29 is 9.21 Å². The minimum Gasteiger partial charge on any atom is -0.423 e. The van der Waals surface area contributed by atoms with Gasteiger partial charge >= 0.3 is 5.63 Å². The zero-order valence-electron chi connectivity index (χ0n) is 18.1. The van der Waals surface area contributed by atoms with Crippen LogP contribution in [0, 0.1) is 6.92 Å². The van der Waals surface area contributed by atoms with Gasteiger partial charge < -0.3 is 14.6 Å². The Kier molecular flexibility index (Phi) is 6.66. The van der Waals surface area contributed by atoms with E-state index in [-0.39, 0.29) is 11.5 Å². The molecule has 5 heteroatoms. The van der Waals surface area contributed by atoms with Crippen molar-refractivity contribution in [2.45, 2.75) is 19.9 Å². The van der Waals surface area contributed by atoms with E-state index in [1.807, 2.05) is 84.6 Å². The van der Waals surface area contributed by atoms with Gasteiger partial charge in [-0.25, -0.2) is 4.79 Å². The highest BCUT2D eigenvalue weighted by molar-refractivity contribution is 5.94. The van der Waals surface area contributed by atoms with E-state index in [4.69, 9.17) is 4.42 Å². The summed E-state index contributed by atoms with van der Waals surface area (Å²) < 4.78 is 5.25. The summed E-state index contributed by atoms with van der Waals surface area (Å²) in [5, 5.41) is 4.20. The number of para-hydroxylation sites is 1. The summed E-state index contributed by atoms with van der Waals surface area (Å²) in [6, 6.07) is 26.6. The van der Waals surface area contributed by atoms with E-state index < -0.39 is 0 Å². The first-order valence-electron chi connectivity index (χ1n) is 10.8. The number of nitrogens with one attached hydrogen (secondary N) is 1. The molecule has 0 bridgehead atoms. The highest BCUT2D eigenvalue weighted by Gasteiger charge is 2.16. The van der Waals surface area contributed by atoms with Crippen molar-refractivity contribution in [3.63, 3.8) is 0 Å². The second-order valence-electron chi connectivity index (χ2n) is 7.83. The van der Waals surface area contributed by atoms with Crippen molar-refractivity contribution in [3.05, 3.63) is 112 Å². The maximum absolute atomic E-state index is 13.2. The number of rotatable bonds is 8. The molecule has 32 heavy (non-hydrogen) atoms. The molecule has 0 radical (unpaired) electrons. The molecular formula is C27H26N2O3. The van der Waals surface area contributed by atoms with E-state index in [2.05, 4.69) is 5.32 Å². The minimum atomic E-state index is -0.383. The Morgan fingerprint density at radius 1 is 0.938 bits per heavy atom. The number of aryl methyl sites for hydroxylation is 1. The first kappa shape index (κ1) is 21.4. The van der Waals surface area contributed by atoms with Gasteiger partial charge in [-0.3, -0.25) is 4.79 Å². The third kappa shape index (κ3) is 5.24. The standard InChI is InChI=1S/C27H26N2O3/c1-20-12-14-22(15-13-20)27(31)29(19-21-8-3-2-4-9-21)17-7-16-28-24-18-26(30)32-25-11-6-5-10-23(24)25/h2-6,8-15,18,28H,7,16-17,19H2,1H3. The number of hydrogen-bond donors (Lipinski definition) is 1. The molecule has 1 N–H and O–H groups in total. The Bertz CT molecular complexity index is 1250. The second kappa shape index (κ2) is 9.96. The molecule has 162 valence electrons. The highest BCUT2D eigenvalue weighted by Crippen LogP contribution is 2.21. The Morgan fingerprint density at radius 2 is 1.66 bits per heavy atom. The molecular weight excluding hydrogens is 400 g/mol. The Hall–Kier alpha value is -3.86. The molecule has 0 saturated carbocycles. The molecule has 1 heterocycles. The maximum Gasteiger partial charge on any atom is 0.338 e. The molecule has 0 spiro atoms. The fourth-order valence-corrected chi connectivity index (χ4v) is 3.69. The second-order valence-corrected chi connectivity index (χ2v) is 7.83. The van der Waals surface area contributed by atoms with Gasteiger partial charge in [0.25, 0.3) is 5.91 Å². The number of benzene rings is 3. The lowest BCUT2D eigenvalue weighted by Crippen LogP contribution is -2.32. The van der Waals surface area contributed by atoms with Gasteiger partial charge in [-0.1, -0.05) is 60.2 Å². The smallest absolute Gasteiger partial charge is 0.338 e. The first-order valence-corrected chi connectivity index (χ1v) is 10.8. The summed E-state index contributed by atoms with van der Waals surface area (Å²) >= 11 is 0. The quantitative estimate of drug-likeness (QED) is 0.309. The Morgan fingerprint density at radius 3 is 2.44 bits per heavy atom. The van der Waals surface area contributed by atoms with E-state index in [1.165, 1.54) is 6.07 Å². The van der Waals surface area contributed by atoms with Crippen molar-refractivity contribution in [2.75, 3.05) is 18.4 Å². The van der Waals surface area contributed by atoms with Crippen molar-refractivity contribution in [2.24, 2.45) is 0 Å². The molecule has 3 aromatic carbocycles. The number of hydrogen-bond acceptors (Lipinski definition) is 4. The van der Waals surface area contributed by atoms with Crippen LogP contribution in [0.3, 0.4) is 0 Å². The maximum atomic E-state index is 13.2. The molecule has 0 aliphatic heterocycles. The number of carbonyl (C=O) groups excluding carboxylic acids is 1. The van der Waals surface area contributed by atoms with E-state index in [9.17, 15) is 9.59 Å². The van der Waals surface area contributed by atoms with E-state index in [0.717, 1.165) is 28.6 Å². The summed E-state index contributed by atoms with van der Waals surface area (Å²) in [6.07, 6.45) is 0.735. The molecule has 0 fully saturated rings. The molecule has 0 atom stereocenters. The van der Waals surface area contributed by atoms with Crippen molar-refractivity contribution >= 4 is 22.6 Å². The monoisotopic (exact) mass is 426 g/mol. The van der Waals surface area contributed by atoms with Crippen LogP contribution in [0.2, 0.25) is 0 Å². The summed E-state index contributed by atoms with van der Waals surface area (Å²) in [5.41, 5.74) is 3.82. The van der Waals surface area contributed by atoms with E-state index >= 15 is 0 Å². The molecule has 0 saturated heterocycles. The van der Waals surface area contributed by atoms with Gasteiger partial charge in [-0.15, -0.1) is 0 Å². The zero-order chi connectivity index (χ0) is 22.3. The van der Waals surface area contributed by atoms with Gasteiger partial charge in [0.05, 0.1) is 5.69 Å². The van der Waals surface area contributed by atoms with Gasteiger partial charge in [0.15, 0.2) is 0 Å². The van der Waals surface area contributed by atoms with Gasteiger partial charge in [0.1, 0.15) is 5.58 Å². The van der Waals surface area contributed by atoms with Crippen molar-refractivity contribution in [1.82, 2.24) is 4.90 Å². The molecule has 1 amide bonds. The van der Waals surface area contributed by atoms with Crippen LogP contribution in [0.5, 0.6) is 0 Å². The Balaban J connectivity index is 1.45. The van der Waals surface area contributed by atoms with Crippen LogP contribution >= 0.6 is 0 Å². The zero-order valence-corrected chi connectivity index (χ0v) is 18.1. The van der Waals surface area contributed by atoms with Crippen molar-refractivity contribution in [1.29, 1.82) is 0 Å². The van der Waals surface area contributed by atoms with Crippen LogP contribution in [-0.2, 0) is 6.54 Å². The van der Waals surface area contributed by atoms with Crippen LogP contribution in [0.15, 0.2) is 94.1 Å². The average molecular weight is 427 g/mol. The predicted molar refractivity (Wildman–Crippen MR) is 128 cm³/mol. The lowest BCUT2D eigenvalue weighted by molar-refractivity contribution is 0.0742. The van der Waals surface area contributed by atoms with Gasteiger partial charge in [0, 0.05) is 36.7 Å². The van der Waals surface area contributed by atoms with E-state index in [1.54, 1.807) is 6.07 Å². The topological polar surface area (TPSA) is 62.6 Å². The summed E-state index contributed by atoms with van der Waals surface area (Å²) in [7, 11) is 0. The lowest BCUT2D eigenvalue weighted by atomic mass is 10.1. The molecule has 4 rings (SSSR count).